The molecular weight excluding hydrogens is 283 g/mol. The molecule has 0 aromatic heterocycles. The van der Waals surface area contributed by atoms with Crippen molar-refractivity contribution in [2.45, 2.75) is 39.2 Å². The highest BCUT2D eigenvalue weighted by Gasteiger charge is 2.34. The average Bonchev–Trinajstić information content (AvgIpc) is 2.88. The predicted molar refractivity (Wildman–Crippen MR) is 82.7 cm³/mol. The molecule has 120 valence electrons. The molecule has 1 heterocycles. The minimum atomic E-state index is -0.261. The Kier molecular flexibility index (Phi) is 5.52. The number of nitrogens with zero attached hydrogens (tertiary/aromatic N) is 1. The normalized spacial score (nSPS) is 19.3. The minimum absolute atomic E-state index is 0.0198. The van der Waals surface area contributed by atoms with Crippen LogP contribution < -0.4 is 5.32 Å². The zero-order valence-electron chi connectivity index (χ0n) is 13.1. The van der Waals surface area contributed by atoms with E-state index >= 15 is 0 Å². The molecule has 0 unspecified atom stereocenters. The molecule has 0 bridgehead atoms. The van der Waals surface area contributed by atoms with Crippen LogP contribution >= 0.6 is 0 Å². The van der Waals surface area contributed by atoms with Gasteiger partial charge in [0.25, 0.3) is 0 Å². The van der Waals surface area contributed by atoms with E-state index in [9.17, 15) is 14.0 Å². The molecule has 1 saturated heterocycles. The molecule has 0 saturated carbocycles. The second kappa shape index (κ2) is 7.38. The van der Waals surface area contributed by atoms with Crippen LogP contribution in [0, 0.1) is 11.7 Å². The molecule has 1 N–H and O–H groups in total. The van der Waals surface area contributed by atoms with E-state index in [2.05, 4.69) is 5.32 Å². The summed E-state index contributed by atoms with van der Waals surface area (Å²) in [5, 5.41) is 2.93. The van der Waals surface area contributed by atoms with Crippen LogP contribution in [-0.4, -0.2) is 35.8 Å². The Hall–Kier alpha value is -1.91. The van der Waals surface area contributed by atoms with Gasteiger partial charge >= 0.3 is 0 Å². The van der Waals surface area contributed by atoms with Gasteiger partial charge in [-0.3, -0.25) is 9.59 Å². The molecule has 1 aromatic rings. The Bertz CT molecular complexity index is 530. The van der Waals surface area contributed by atoms with Crippen molar-refractivity contribution in [3.8, 4) is 0 Å². The quantitative estimate of drug-likeness (QED) is 0.875. The summed E-state index contributed by atoms with van der Waals surface area (Å²) in [6, 6.07) is 6.43. The van der Waals surface area contributed by atoms with E-state index in [4.69, 9.17) is 0 Å². The van der Waals surface area contributed by atoms with E-state index in [0.29, 0.717) is 19.5 Å². The smallest absolute Gasteiger partial charge is 0.225 e. The van der Waals surface area contributed by atoms with Crippen LogP contribution in [0.3, 0.4) is 0 Å². The molecule has 4 nitrogen and oxygen atoms in total. The van der Waals surface area contributed by atoms with Crippen LogP contribution in [0.5, 0.6) is 0 Å². The summed E-state index contributed by atoms with van der Waals surface area (Å²) in [5.74, 6) is -0.532. The fourth-order valence-electron chi connectivity index (χ4n) is 2.54. The number of hydrogen-bond donors (Lipinski definition) is 1. The lowest BCUT2D eigenvalue weighted by molar-refractivity contribution is -0.129. The van der Waals surface area contributed by atoms with Gasteiger partial charge in [0.2, 0.25) is 11.8 Å². The van der Waals surface area contributed by atoms with Gasteiger partial charge in [-0.05, 0) is 37.5 Å². The summed E-state index contributed by atoms with van der Waals surface area (Å²) in [6.07, 6.45) is 1.83. The number of halogens is 1. The summed E-state index contributed by atoms with van der Waals surface area (Å²) < 4.78 is 12.9. The summed E-state index contributed by atoms with van der Waals surface area (Å²) in [7, 11) is 0. The van der Waals surface area contributed by atoms with E-state index in [-0.39, 0.29) is 36.0 Å². The maximum atomic E-state index is 12.9. The van der Waals surface area contributed by atoms with Crippen molar-refractivity contribution in [3.63, 3.8) is 0 Å². The molecule has 2 rings (SSSR count). The average molecular weight is 306 g/mol. The highest BCUT2D eigenvalue weighted by atomic mass is 19.1. The monoisotopic (exact) mass is 306 g/mol. The fourth-order valence-corrected chi connectivity index (χ4v) is 2.54. The summed E-state index contributed by atoms with van der Waals surface area (Å²) in [6.45, 7) is 5.01. The standard InChI is InChI=1S/C17H23FN2O2/c1-3-12(2)19-17(22)14-10-16(21)20(11-14)9-8-13-4-6-15(18)7-5-13/h4-7,12,14H,3,8-11H2,1-2H3,(H,19,22)/t12-,14-/m1/s1. The molecule has 1 aliphatic heterocycles. The molecular formula is C17H23FN2O2. The molecule has 1 aliphatic rings. The Labute approximate surface area is 130 Å². The Morgan fingerprint density at radius 3 is 2.73 bits per heavy atom. The van der Waals surface area contributed by atoms with Crippen molar-refractivity contribution in [1.82, 2.24) is 10.2 Å². The van der Waals surface area contributed by atoms with Crippen molar-refractivity contribution in [2.24, 2.45) is 5.92 Å². The molecule has 0 aliphatic carbocycles. The molecule has 5 heteroatoms. The number of carbonyl (C=O) groups excluding carboxylic acids is 2. The molecule has 0 spiro atoms. The molecule has 22 heavy (non-hydrogen) atoms. The van der Waals surface area contributed by atoms with Gasteiger partial charge in [0.15, 0.2) is 0 Å². The van der Waals surface area contributed by atoms with Crippen LogP contribution in [0.4, 0.5) is 4.39 Å². The van der Waals surface area contributed by atoms with Gasteiger partial charge in [-0.2, -0.15) is 0 Å². The third-order valence-corrected chi connectivity index (χ3v) is 4.17. The summed E-state index contributed by atoms with van der Waals surface area (Å²) >= 11 is 0. The Balaban J connectivity index is 1.84. The third-order valence-electron chi connectivity index (χ3n) is 4.17. The van der Waals surface area contributed by atoms with E-state index < -0.39 is 0 Å². The fraction of sp³-hybridized carbons (Fsp3) is 0.529. The van der Waals surface area contributed by atoms with Crippen molar-refractivity contribution in [2.75, 3.05) is 13.1 Å². The van der Waals surface area contributed by atoms with Gasteiger partial charge in [0, 0.05) is 25.6 Å². The first-order valence-corrected chi connectivity index (χ1v) is 7.82. The first kappa shape index (κ1) is 16.5. The number of amides is 2. The van der Waals surface area contributed by atoms with Gasteiger partial charge in [-0.15, -0.1) is 0 Å². The number of hydrogen-bond acceptors (Lipinski definition) is 2. The van der Waals surface area contributed by atoms with Gasteiger partial charge < -0.3 is 10.2 Å². The zero-order chi connectivity index (χ0) is 16.1. The van der Waals surface area contributed by atoms with Gasteiger partial charge in [0.1, 0.15) is 5.82 Å². The van der Waals surface area contributed by atoms with Crippen molar-refractivity contribution in [1.29, 1.82) is 0 Å². The van der Waals surface area contributed by atoms with Crippen LogP contribution in [0.2, 0.25) is 0 Å². The lowest BCUT2D eigenvalue weighted by Crippen LogP contribution is -2.38. The maximum Gasteiger partial charge on any atom is 0.225 e. The largest absolute Gasteiger partial charge is 0.353 e. The van der Waals surface area contributed by atoms with Crippen molar-refractivity contribution in [3.05, 3.63) is 35.6 Å². The number of likely N-dealkylation sites (tertiary alicyclic amines) is 1. The summed E-state index contributed by atoms with van der Waals surface area (Å²) in [4.78, 5) is 25.8. The van der Waals surface area contributed by atoms with Crippen LogP contribution in [-0.2, 0) is 16.0 Å². The second-order valence-electron chi connectivity index (χ2n) is 5.94. The lowest BCUT2D eigenvalue weighted by Gasteiger charge is -2.18. The third kappa shape index (κ3) is 4.29. The number of carbonyl (C=O) groups is 2. The molecule has 1 aromatic carbocycles. The topological polar surface area (TPSA) is 49.4 Å². The van der Waals surface area contributed by atoms with Crippen LogP contribution in [0.25, 0.3) is 0 Å². The SMILES string of the molecule is CC[C@@H](C)NC(=O)[C@@H]1CC(=O)N(CCc2ccc(F)cc2)C1. The Morgan fingerprint density at radius 1 is 1.41 bits per heavy atom. The first-order valence-electron chi connectivity index (χ1n) is 7.82. The van der Waals surface area contributed by atoms with E-state index in [1.165, 1.54) is 12.1 Å². The summed E-state index contributed by atoms with van der Waals surface area (Å²) in [5.41, 5.74) is 0.988. The molecule has 2 amide bonds. The highest BCUT2D eigenvalue weighted by Crippen LogP contribution is 2.19. The molecule has 2 atom stereocenters. The zero-order valence-corrected chi connectivity index (χ0v) is 13.1. The maximum absolute atomic E-state index is 12.9. The van der Waals surface area contributed by atoms with E-state index in [1.54, 1.807) is 17.0 Å². The van der Waals surface area contributed by atoms with Gasteiger partial charge in [-0.1, -0.05) is 19.1 Å². The molecule has 0 radical (unpaired) electrons. The highest BCUT2D eigenvalue weighted by molar-refractivity contribution is 5.89. The minimum Gasteiger partial charge on any atom is -0.353 e. The Morgan fingerprint density at radius 2 is 2.09 bits per heavy atom. The molecule has 1 fully saturated rings. The van der Waals surface area contributed by atoms with Crippen LogP contribution in [0.15, 0.2) is 24.3 Å². The van der Waals surface area contributed by atoms with Crippen molar-refractivity contribution >= 4 is 11.8 Å². The van der Waals surface area contributed by atoms with Crippen molar-refractivity contribution < 1.29 is 14.0 Å². The van der Waals surface area contributed by atoms with Crippen LogP contribution in [0.1, 0.15) is 32.3 Å². The van der Waals surface area contributed by atoms with Gasteiger partial charge in [0.05, 0.1) is 5.92 Å². The van der Waals surface area contributed by atoms with Gasteiger partial charge in [-0.25, -0.2) is 4.39 Å². The number of nitrogens with one attached hydrogen (secondary N) is 1. The lowest BCUT2D eigenvalue weighted by atomic mass is 10.1. The number of benzene rings is 1. The first-order chi connectivity index (χ1) is 10.5. The second-order valence-corrected chi connectivity index (χ2v) is 5.94. The van der Waals surface area contributed by atoms with E-state index in [0.717, 1.165) is 12.0 Å². The van der Waals surface area contributed by atoms with E-state index in [1.807, 2.05) is 13.8 Å². The predicted octanol–water partition coefficient (Wildman–Crippen LogP) is 2.13. The number of rotatable bonds is 6.